The molecule has 2 unspecified atom stereocenters. The highest BCUT2D eigenvalue weighted by atomic mass is 16.3. The molecule has 0 radical (unpaired) electrons. The minimum absolute atomic E-state index is 0.000185. The number of amides is 1. The van der Waals surface area contributed by atoms with E-state index in [-0.39, 0.29) is 12.0 Å². The van der Waals surface area contributed by atoms with Crippen molar-refractivity contribution in [1.82, 2.24) is 10.2 Å². The second-order valence-corrected chi connectivity index (χ2v) is 9.47. The lowest BCUT2D eigenvalue weighted by atomic mass is 9.71. The summed E-state index contributed by atoms with van der Waals surface area (Å²) < 4.78 is 0. The first-order valence-electron chi connectivity index (χ1n) is 12.1. The van der Waals surface area contributed by atoms with E-state index in [1.54, 1.807) is 0 Å². The molecule has 4 nitrogen and oxygen atoms in total. The van der Waals surface area contributed by atoms with Crippen LogP contribution in [0.3, 0.4) is 0 Å². The predicted molar refractivity (Wildman–Crippen MR) is 130 cm³/mol. The van der Waals surface area contributed by atoms with E-state index < -0.39 is 0 Å². The van der Waals surface area contributed by atoms with Crippen LogP contribution in [-0.4, -0.2) is 48.2 Å². The van der Waals surface area contributed by atoms with Crippen molar-refractivity contribution in [1.29, 1.82) is 0 Å². The van der Waals surface area contributed by atoms with Crippen LogP contribution in [0, 0.1) is 11.8 Å². The Morgan fingerprint density at radius 2 is 1.72 bits per heavy atom. The van der Waals surface area contributed by atoms with Gasteiger partial charge in [0.25, 0.3) is 5.91 Å². The lowest BCUT2D eigenvalue weighted by molar-refractivity contribution is 0.0870. The van der Waals surface area contributed by atoms with Gasteiger partial charge >= 0.3 is 0 Å². The summed E-state index contributed by atoms with van der Waals surface area (Å²) in [6.45, 7) is 1.77. The van der Waals surface area contributed by atoms with Crippen LogP contribution in [0.15, 0.2) is 66.7 Å². The minimum Gasteiger partial charge on any atom is -0.389 e. The number of fused-ring (bicyclic) bond motifs is 1. The van der Waals surface area contributed by atoms with Gasteiger partial charge in [0.2, 0.25) is 0 Å². The third-order valence-corrected chi connectivity index (χ3v) is 7.24. The SMILES string of the molecule is CN(CCCCNC(=O)c1ccc(-c2ccccc2)cc1)[C@H]1CCC2C=C[C@H](O)CC2C1. The first-order chi connectivity index (χ1) is 15.6. The molecule has 32 heavy (non-hydrogen) atoms. The molecule has 0 bridgehead atoms. The molecule has 1 amide bonds. The fourth-order valence-electron chi connectivity index (χ4n) is 5.26. The number of rotatable bonds is 8. The van der Waals surface area contributed by atoms with Gasteiger partial charge in [-0.05, 0) is 87.2 Å². The Hall–Kier alpha value is -2.43. The Labute approximate surface area is 192 Å². The summed E-state index contributed by atoms with van der Waals surface area (Å²) in [7, 11) is 2.23. The van der Waals surface area contributed by atoms with E-state index in [9.17, 15) is 9.90 Å². The summed E-state index contributed by atoms with van der Waals surface area (Å²) in [6.07, 6.45) is 10.6. The van der Waals surface area contributed by atoms with Gasteiger partial charge in [0.15, 0.2) is 0 Å². The maximum atomic E-state index is 12.4. The molecule has 0 aromatic heterocycles. The maximum absolute atomic E-state index is 12.4. The molecule has 4 heteroatoms. The summed E-state index contributed by atoms with van der Waals surface area (Å²) in [5, 5.41) is 13.0. The highest BCUT2D eigenvalue weighted by Crippen LogP contribution is 2.38. The molecule has 0 aliphatic heterocycles. The molecule has 4 atom stereocenters. The van der Waals surface area contributed by atoms with Crippen LogP contribution in [-0.2, 0) is 0 Å². The van der Waals surface area contributed by atoms with Gasteiger partial charge in [-0.15, -0.1) is 0 Å². The van der Waals surface area contributed by atoms with E-state index in [0.717, 1.165) is 36.9 Å². The summed E-state index contributed by atoms with van der Waals surface area (Å²) in [4.78, 5) is 14.9. The lowest BCUT2D eigenvalue weighted by Crippen LogP contribution is -2.41. The minimum atomic E-state index is -0.251. The van der Waals surface area contributed by atoms with Gasteiger partial charge in [-0.2, -0.15) is 0 Å². The van der Waals surface area contributed by atoms with Crippen molar-refractivity contribution < 1.29 is 9.90 Å². The number of carbonyl (C=O) groups is 1. The number of aliphatic hydroxyl groups is 1. The molecule has 2 N–H and O–H groups in total. The van der Waals surface area contributed by atoms with Crippen molar-refractivity contribution in [3.63, 3.8) is 0 Å². The second kappa shape index (κ2) is 10.9. The number of carbonyl (C=O) groups excluding carboxylic acids is 1. The van der Waals surface area contributed by atoms with Gasteiger partial charge in [-0.3, -0.25) is 4.79 Å². The molecule has 4 rings (SSSR count). The largest absolute Gasteiger partial charge is 0.389 e. The zero-order chi connectivity index (χ0) is 22.3. The van der Waals surface area contributed by atoms with Crippen molar-refractivity contribution in [2.75, 3.05) is 20.1 Å². The Morgan fingerprint density at radius 3 is 2.50 bits per heavy atom. The number of aliphatic hydroxyl groups excluding tert-OH is 1. The first-order valence-corrected chi connectivity index (χ1v) is 12.1. The number of nitrogens with zero attached hydrogens (tertiary/aromatic N) is 1. The Morgan fingerprint density at radius 1 is 0.969 bits per heavy atom. The van der Waals surface area contributed by atoms with E-state index in [2.05, 4.69) is 35.5 Å². The van der Waals surface area contributed by atoms with E-state index >= 15 is 0 Å². The van der Waals surface area contributed by atoms with Gasteiger partial charge in [0.05, 0.1) is 6.10 Å². The molecular formula is C28H36N2O2. The number of nitrogens with one attached hydrogen (secondary N) is 1. The second-order valence-electron chi connectivity index (χ2n) is 9.47. The Balaban J connectivity index is 1.15. The molecular weight excluding hydrogens is 396 g/mol. The molecule has 2 aromatic carbocycles. The monoisotopic (exact) mass is 432 g/mol. The topological polar surface area (TPSA) is 52.6 Å². The van der Waals surface area contributed by atoms with Gasteiger partial charge in [-0.1, -0.05) is 54.6 Å². The van der Waals surface area contributed by atoms with Crippen LogP contribution in [0.25, 0.3) is 11.1 Å². The van der Waals surface area contributed by atoms with Gasteiger partial charge in [0.1, 0.15) is 0 Å². The molecule has 170 valence electrons. The number of hydrogen-bond acceptors (Lipinski definition) is 3. The summed E-state index contributed by atoms with van der Waals surface area (Å²) in [6, 6.07) is 18.6. The molecule has 2 aliphatic carbocycles. The van der Waals surface area contributed by atoms with Crippen LogP contribution < -0.4 is 5.32 Å². The summed E-state index contributed by atoms with van der Waals surface area (Å²) in [5.74, 6) is 1.30. The van der Waals surface area contributed by atoms with Crippen molar-refractivity contribution in [3.8, 4) is 11.1 Å². The highest BCUT2D eigenvalue weighted by molar-refractivity contribution is 5.94. The molecule has 2 aliphatic rings. The fourth-order valence-corrected chi connectivity index (χ4v) is 5.26. The van der Waals surface area contributed by atoms with E-state index in [1.165, 1.54) is 19.3 Å². The van der Waals surface area contributed by atoms with Crippen LogP contribution >= 0.6 is 0 Å². The third-order valence-electron chi connectivity index (χ3n) is 7.24. The standard InChI is InChI=1S/C28H36N2O2/c1-30(26-15-13-23-14-16-27(31)20-25(23)19-26)18-6-5-17-29-28(32)24-11-9-22(10-12-24)21-7-3-2-4-8-21/h2-4,7-12,14,16,23,25-27,31H,5-6,13,15,17-20H2,1H3,(H,29,32)/t23?,25?,26-,27-/m0/s1. The number of hydrogen-bond donors (Lipinski definition) is 2. The molecule has 0 saturated heterocycles. The van der Waals surface area contributed by atoms with Crippen molar-refractivity contribution in [2.45, 2.75) is 50.7 Å². The number of allylic oxidation sites excluding steroid dienone is 1. The summed E-state index contributed by atoms with van der Waals surface area (Å²) in [5.41, 5.74) is 2.99. The van der Waals surface area contributed by atoms with E-state index in [0.29, 0.717) is 30.0 Å². The zero-order valence-electron chi connectivity index (χ0n) is 19.1. The molecule has 0 heterocycles. The lowest BCUT2D eigenvalue weighted by Gasteiger charge is -2.41. The van der Waals surface area contributed by atoms with E-state index in [4.69, 9.17) is 0 Å². The van der Waals surface area contributed by atoms with Crippen LogP contribution in [0.4, 0.5) is 0 Å². The van der Waals surface area contributed by atoms with Crippen LogP contribution in [0.1, 0.15) is 48.9 Å². The molecule has 0 spiro atoms. The van der Waals surface area contributed by atoms with Gasteiger partial charge in [-0.25, -0.2) is 0 Å². The van der Waals surface area contributed by atoms with Gasteiger partial charge < -0.3 is 15.3 Å². The average Bonchev–Trinajstić information content (AvgIpc) is 2.83. The maximum Gasteiger partial charge on any atom is 0.251 e. The quantitative estimate of drug-likeness (QED) is 0.461. The zero-order valence-corrected chi connectivity index (χ0v) is 19.1. The van der Waals surface area contributed by atoms with E-state index in [1.807, 2.05) is 48.5 Å². The third kappa shape index (κ3) is 5.87. The molecule has 2 aromatic rings. The molecule has 1 fully saturated rings. The normalized spacial score (nSPS) is 24.8. The van der Waals surface area contributed by atoms with Crippen molar-refractivity contribution >= 4 is 5.91 Å². The van der Waals surface area contributed by atoms with Crippen LogP contribution in [0.2, 0.25) is 0 Å². The van der Waals surface area contributed by atoms with Crippen LogP contribution in [0.5, 0.6) is 0 Å². The summed E-state index contributed by atoms with van der Waals surface area (Å²) >= 11 is 0. The Kier molecular flexibility index (Phi) is 7.77. The Bertz CT molecular complexity index is 893. The number of benzene rings is 2. The van der Waals surface area contributed by atoms with Crippen molar-refractivity contribution in [3.05, 3.63) is 72.3 Å². The molecule has 1 saturated carbocycles. The number of unbranched alkanes of at least 4 members (excludes halogenated alkanes) is 1. The fraction of sp³-hybridized carbons (Fsp3) is 0.464. The van der Waals surface area contributed by atoms with Gasteiger partial charge in [0, 0.05) is 18.2 Å². The first kappa shape index (κ1) is 22.8. The smallest absolute Gasteiger partial charge is 0.251 e. The van der Waals surface area contributed by atoms with Crippen molar-refractivity contribution in [2.24, 2.45) is 11.8 Å². The predicted octanol–water partition coefficient (Wildman–Crippen LogP) is 4.90. The highest BCUT2D eigenvalue weighted by Gasteiger charge is 2.33. The average molecular weight is 433 g/mol.